The minimum atomic E-state index is -3.64. The first-order valence-corrected chi connectivity index (χ1v) is 7.30. The number of nitrogens with one attached hydrogen (secondary N) is 1. The fourth-order valence-electron chi connectivity index (χ4n) is 1.57. The van der Waals surface area contributed by atoms with Crippen LogP contribution in [0.25, 0.3) is 0 Å². The highest BCUT2D eigenvalue weighted by atomic mass is 32.2. The van der Waals surface area contributed by atoms with E-state index < -0.39 is 10.0 Å². The zero-order valence-electron chi connectivity index (χ0n) is 10.9. The molecule has 2 aromatic rings. The maximum atomic E-state index is 12.1. The van der Waals surface area contributed by atoms with Gasteiger partial charge in [0.15, 0.2) is 0 Å². The Bertz CT molecular complexity index is 769. The fourth-order valence-corrected chi connectivity index (χ4v) is 2.60. The number of hydrogen-bond donors (Lipinski definition) is 2. The third kappa shape index (κ3) is 3.38. The van der Waals surface area contributed by atoms with Gasteiger partial charge in [0, 0.05) is 18.8 Å². The Labute approximate surface area is 117 Å². The number of anilines is 1. The van der Waals surface area contributed by atoms with Crippen LogP contribution in [0, 0.1) is 11.8 Å². The van der Waals surface area contributed by atoms with Crippen molar-refractivity contribution < 1.29 is 8.42 Å². The lowest BCUT2D eigenvalue weighted by Gasteiger charge is -2.06. The van der Waals surface area contributed by atoms with E-state index >= 15 is 0 Å². The molecule has 0 saturated heterocycles. The van der Waals surface area contributed by atoms with Crippen molar-refractivity contribution in [3.8, 4) is 11.8 Å². The van der Waals surface area contributed by atoms with E-state index in [0.29, 0.717) is 11.3 Å². The normalized spacial score (nSPS) is 10.7. The van der Waals surface area contributed by atoms with Gasteiger partial charge < -0.3 is 5.73 Å². The molecule has 0 unspecified atom stereocenters. The van der Waals surface area contributed by atoms with Gasteiger partial charge in [-0.15, -0.1) is 0 Å². The molecular formula is C13H14N4O2S. The molecule has 20 heavy (non-hydrogen) atoms. The van der Waals surface area contributed by atoms with E-state index in [-0.39, 0.29) is 11.4 Å². The predicted molar refractivity (Wildman–Crippen MR) is 76.4 cm³/mol. The summed E-state index contributed by atoms with van der Waals surface area (Å²) in [6, 6.07) is 6.81. The van der Waals surface area contributed by atoms with Crippen LogP contribution in [0.4, 0.5) is 5.69 Å². The number of benzene rings is 1. The molecule has 1 aromatic carbocycles. The van der Waals surface area contributed by atoms with E-state index in [9.17, 15) is 8.42 Å². The summed E-state index contributed by atoms with van der Waals surface area (Å²) in [4.78, 5) is 0.110. The van der Waals surface area contributed by atoms with Crippen LogP contribution in [0.3, 0.4) is 0 Å². The number of nitrogens with two attached hydrogens (primary N) is 1. The molecule has 0 aliphatic heterocycles. The molecule has 0 aliphatic rings. The number of rotatable bonds is 3. The summed E-state index contributed by atoms with van der Waals surface area (Å²) < 4.78 is 28.2. The maximum absolute atomic E-state index is 12.1. The van der Waals surface area contributed by atoms with Gasteiger partial charge in [0.25, 0.3) is 10.0 Å². The lowest BCUT2D eigenvalue weighted by atomic mass is 10.2. The van der Waals surface area contributed by atoms with Crippen LogP contribution in [0.15, 0.2) is 41.6 Å². The Balaban J connectivity index is 2.25. The van der Waals surface area contributed by atoms with Gasteiger partial charge in [-0.1, -0.05) is 17.9 Å². The highest BCUT2D eigenvalue weighted by Gasteiger charge is 2.16. The van der Waals surface area contributed by atoms with Crippen molar-refractivity contribution in [1.82, 2.24) is 9.78 Å². The van der Waals surface area contributed by atoms with E-state index in [4.69, 9.17) is 5.73 Å². The average Bonchev–Trinajstić information content (AvgIpc) is 2.84. The molecule has 3 N–H and O–H groups in total. The molecule has 6 nitrogen and oxygen atoms in total. The molecule has 7 heteroatoms. The summed E-state index contributed by atoms with van der Waals surface area (Å²) in [5.74, 6) is 5.56. The summed E-state index contributed by atoms with van der Waals surface area (Å²) in [6.45, 7) is 0.256. The summed E-state index contributed by atoms with van der Waals surface area (Å²) >= 11 is 0. The molecule has 0 aliphatic carbocycles. The molecule has 104 valence electrons. The SMILES string of the molecule is Cn1cc(S(=O)(=O)Nc2cccc(C#CCN)c2)cn1. The topological polar surface area (TPSA) is 90.0 Å². The van der Waals surface area contributed by atoms with Crippen molar-refractivity contribution in [3.05, 3.63) is 42.2 Å². The lowest BCUT2D eigenvalue weighted by molar-refractivity contribution is 0.601. The molecule has 1 heterocycles. The first-order valence-electron chi connectivity index (χ1n) is 5.82. The number of aryl methyl sites for hydroxylation is 1. The van der Waals surface area contributed by atoms with Gasteiger partial charge >= 0.3 is 0 Å². The maximum Gasteiger partial charge on any atom is 0.265 e. The molecule has 1 aromatic heterocycles. The molecule has 0 amide bonds. The highest BCUT2D eigenvalue weighted by molar-refractivity contribution is 7.92. The number of sulfonamides is 1. The largest absolute Gasteiger partial charge is 0.320 e. The van der Waals surface area contributed by atoms with Gasteiger partial charge in [0.1, 0.15) is 4.90 Å². The Morgan fingerprint density at radius 3 is 2.90 bits per heavy atom. The van der Waals surface area contributed by atoms with Crippen molar-refractivity contribution in [2.75, 3.05) is 11.3 Å². The second-order valence-electron chi connectivity index (χ2n) is 4.04. The minimum absolute atomic E-state index is 0.110. The van der Waals surface area contributed by atoms with Crippen LogP contribution >= 0.6 is 0 Å². The fraction of sp³-hybridized carbons (Fsp3) is 0.154. The van der Waals surface area contributed by atoms with Gasteiger partial charge in [0.2, 0.25) is 0 Å². The molecule has 0 fully saturated rings. The van der Waals surface area contributed by atoms with Gasteiger partial charge in [-0.25, -0.2) is 8.42 Å². The molecule has 0 atom stereocenters. The van der Waals surface area contributed by atoms with Crippen molar-refractivity contribution in [2.24, 2.45) is 12.8 Å². The Hall–Kier alpha value is -2.30. The van der Waals surface area contributed by atoms with Gasteiger partial charge in [-0.2, -0.15) is 5.10 Å². The zero-order chi connectivity index (χ0) is 14.6. The summed E-state index contributed by atoms with van der Waals surface area (Å²) in [5, 5.41) is 3.84. The molecule has 2 rings (SSSR count). The second kappa shape index (κ2) is 5.77. The van der Waals surface area contributed by atoms with E-state index in [1.54, 1.807) is 31.3 Å². The second-order valence-corrected chi connectivity index (χ2v) is 5.72. The van der Waals surface area contributed by atoms with Crippen molar-refractivity contribution in [2.45, 2.75) is 4.90 Å². The highest BCUT2D eigenvalue weighted by Crippen LogP contribution is 2.16. The van der Waals surface area contributed by atoms with Crippen LogP contribution in [0.2, 0.25) is 0 Å². The van der Waals surface area contributed by atoms with Crippen LogP contribution in [-0.4, -0.2) is 24.7 Å². The molecular weight excluding hydrogens is 276 g/mol. The Morgan fingerprint density at radius 2 is 2.25 bits per heavy atom. The monoisotopic (exact) mass is 290 g/mol. The first kappa shape index (κ1) is 14.1. The van der Waals surface area contributed by atoms with E-state index in [2.05, 4.69) is 21.7 Å². The quantitative estimate of drug-likeness (QED) is 0.807. The van der Waals surface area contributed by atoms with Crippen LogP contribution in [0.5, 0.6) is 0 Å². The summed E-state index contributed by atoms with van der Waals surface area (Å²) in [5.41, 5.74) is 6.44. The van der Waals surface area contributed by atoms with Crippen LogP contribution < -0.4 is 10.5 Å². The standard InChI is InChI=1S/C13H14N4O2S/c1-17-10-13(9-15-17)20(18,19)16-12-6-2-4-11(8-12)5-3-7-14/h2,4,6,8-10,16H,7,14H2,1H3. The summed E-state index contributed by atoms with van der Waals surface area (Å²) in [6.07, 6.45) is 2.72. The molecule has 0 saturated carbocycles. The minimum Gasteiger partial charge on any atom is -0.320 e. The number of nitrogens with zero attached hydrogens (tertiary/aromatic N) is 2. The lowest BCUT2D eigenvalue weighted by Crippen LogP contribution is -2.12. The third-order valence-electron chi connectivity index (χ3n) is 2.44. The zero-order valence-corrected chi connectivity index (χ0v) is 11.7. The molecule has 0 bridgehead atoms. The summed E-state index contributed by atoms with van der Waals surface area (Å²) in [7, 11) is -1.98. The van der Waals surface area contributed by atoms with Crippen molar-refractivity contribution in [1.29, 1.82) is 0 Å². The molecule has 0 radical (unpaired) electrons. The predicted octanol–water partition coefficient (Wildman–Crippen LogP) is 0.531. The third-order valence-corrected chi connectivity index (χ3v) is 3.78. The Morgan fingerprint density at radius 1 is 1.45 bits per heavy atom. The van der Waals surface area contributed by atoms with E-state index in [1.807, 2.05) is 0 Å². The first-order chi connectivity index (χ1) is 9.51. The van der Waals surface area contributed by atoms with Gasteiger partial charge in [0.05, 0.1) is 18.4 Å². The van der Waals surface area contributed by atoms with Crippen molar-refractivity contribution >= 4 is 15.7 Å². The molecule has 0 spiro atoms. The Kier molecular flexibility index (Phi) is 4.08. The van der Waals surface area contributed by atoms with E-state index in [0.717, 1.165) is 0 Å². The van der Waals surface area contributed by atoms with Gasteiger partial charge in [-0.3, -0.25) is 9.40 Å². The smallest absolute Gasteiger partial charge is 0.265 e. The number of hydrogen-bond acceptors (Lipinski definition) is 4. The van der Waals surface area contributed by atoms with Crippen LogP contribution in [-0.2, 0) is 17.1 Å². The van der Waals surface area contributed by atoms with E-state index in [1.165, 1.54) is 17.1 Å². The average molecular weight is 290 g/mol. The van der Waals surface area contributed by atoms with Crippen molar-refractivity contribution in [3.63, 3.8) is 0 Å². The number of aromatic nitrogens is 2. The van der Waals surface area contributed by atoms with Gasteiger partial charge in [-0.05, 0) is 18.2 Å². The van der Waals surface area contributed by atoms with Crippen LogP contribution in [0.1, 0.15) is 5.56 Å².